The van der Waals surface area contributed by atoms with E-state index in [0.717, 1.165) is 29.4 Å². The first-order chi connectivity index (χ1) is 13.8. The van der Waals surface area contributed by atoms with E-state index in [4.69, 9.17) is 14.2 Å². The zero-order valence-electron chi connectivity index (χ0n) is 16.5. The lowest BCUT2D eigenvalue weighted by Crippen LogP contribution is -2.15. The van der Waals surface area contributed by atoms with Crippen LogP contribution in [0.25, 0.3) is 0 Å². The number of ether oxygens (including phenoxy) is 3. The van der Waals surface area contributed by atoms with Gasteiger partial charge in [-0.3, -0.25) is 0 Å². The van der Waals surface area contributed by atoms with Crippen LogP contribution < -0.4 is 19.5 Å². The number of hydrogen-bond acceptors (Lipinski definition) is 4. The van der Waals surface area contributed by atoms with Gasteiger partial charge in [-0.1, -0.05) is 60.2 Å². The highest BCUT2D eigenvalue weighted by Gasteiger charge is 2.10. The predicted octanol–water partition coefficient (Wildman–Crippen LogP) is 4.75. The van der Waals surface area contributed by atoms with Gasteiger partial charge in [0.15, 0.2) is 11.5 Å². The summed E-state index contributed by atoms with van der Waals surface area (Å²) in [6, 6.07) is 24.2. The van der Waals surface area contributed by atoms with E-state index in [2.05, 4.69) is 42.6 Å². The zero-order chi connectivity index (χ0) is 19.6. The number of benzene rings is 3. The third kappa shape index (κ3) is 5.76. The molecule has 0 spiro atoms. The third-order valence-corrected chi connectivity index (χ3v) is 4.35. The quantitative estimate of drug-likeness (QED) is 0.518. The number of nitrogens with one attached hydrogen (secondary N) is 1. The van der Waals surface area contributed by atoms with Crippen LogP contribution in [0.5, 0.6) is 17.2 Å². The van der Waals surface area contributed by atoms with Crippen molar-refractivity contribution in [2.24, 2.45) is 0 Å². The fraction of sp³-hybridized carbons (Fsp3) is 0.250. The maximum atomic E-state index is 6.01. The molecule has 0 fully saturated rings. The van der Waals surface area contributed by atoms with Crippen LogP contribution in [-0.4, -0.2) is 20.3 Å². The minimum absolute atomic E-state index is 0.445. The third-order valence-electron chi connectivity index (χ3n) is 4.35. The summed E-state index contributed by atoms with van der Waals surface area (Å²) in [6.07, 6.45) is 0. The smallest absolute Gasteiger partial charge is 0.165 e. The van der Waals surface area contributed by atoms with Gasteiger partial charge < -0.3 is 19.5 Å². The molecule has 0 saturated heterocycles. The lowest BCUT2D eigenvalue weighted by molar-refractivity contribution is 0.209. The molecular weight excluding hydrogens is 350 g/mol. The van der Waals surface area contributed by atoms with Crippen molar-refractivity contribution < 1.29 is 14.2 Å². The van der Waals surface area contributed by atoms with Gasteiger partial charge in [0.1, 0.15) is 19.0 Å². The second-order valence-corrected chi connectivity index (χ2v) is 6.55. The van der Waals surface area contributed by atoms with Gasteiger partial charge in [-0.2, -0.15) is 0 Å². The summed E-state index contributed by atoms with van der Waals surface area (Å²) in [7, 11) is 1.66. The second kappa shape index (κ2) is 10.4. The summed E-state index contributed by atoms with van der Waals surface area (Å²) in [5, 5.41) is 3.49. The Morgan fingerprint density at radius 3 is 2.36 bits per heavy atom. The van der Waals surface area contributed by atoms with E-state index in [1.54, 1.807) is 7.11 Å². The zero-order valence-corrected chi connectivity index (χ0v) is 16.5. The minimum atomic E-state index is 0.445. The van der Waals surface area contributed by atoms with Gasteiger partial charge >= 0.3 is 0 Å². The van der Waals surface area contributed by atoms with Gasteiger partial charge in [0.25, 0.3) is 0 Å². The summed E-state index contributed by atoms with van der Waals surface area (Å²) < 4.78 is 17.2. The number of rotatable bonds is 10. The fourth-order valence-electron chi connectivity index (χ4n) is 3.01. The van der Waals surface area contributed by atoms with Crippen LogP contribution in [-0.2, 0) is 13.1 Å². The minimum Gasteiger partial charge on any atom is -0.493 e. The molecule has 0 aliphatic carbocycles. The van der Waals surface area contributed by atoms with Crippen molar-refractivity contribution in [3.63, 3.8) is 0 Å². The van der Waals surface area contributed by atoms with E-state index in [1.807, 2.05) is 42.5 Å². The molecule has 0 aliphatic rings. The molecular formula is C24H27NO3. The van der Waals surface area contributed by atoms with Crippen LogP contribution in [0, 0.1) is 6.92 Å². The number of aryl methyl sites for hydroxylation is 1. The number of para-hydroxylation sites is 2. The highest BCUT2D eigenvalue weighted by Crippen LogP contribution is 2.31. The molecule has 3 rings (SSSR count). The van der Waals surface area contributed by atoms with Gasteiger partial charge in [0.05, 0.1) is 7.11 Å². The largest absolute Gasteiger partial charge is 0.493 e. The van der Waals surface area contributed by atoms with Crippen molar-refractivity contribution in [1.29, 1.82) is 0 Å². The maximum Gasteiger partial charge on any atom is 0.165 e. The second-order valence-electron chi connectivity index (χ2n) is 6.55. The molecule has 3 aromatic carbocycles. The number of methoxy groups -OCH3 is 1. The molecule has 146 valence electrons. The lowest BCUT2D eigenvalue weighted by atomic mass is 10.1. The molecule has 4 nitrogen and oxygen atoms in total. The molecule has 0 heterocycles. The van der Waals surface area contributed by atoms with Crippen molar-refractivity contribution in [2.75, 3.05) is 20.3 Å². The Labute approximate surface area is 167 Å². The van der Waals surface area contributed by atoms with Gasteiger partial charge in [0.2, 0.25) is 0 Å². The highest BCUT2D eigenvalue weighted by atomic mass is 16.5. The Morgan fingerprint density at radius 1 is 0.786 bits per heavy atom. The Kier molecular flexibility index (Phi) is 7.33. The molecule has 0 bridgehead atoms. The van der Waals surface area contributed by atoms with E-state index in [-0.39, 0.29) is 0 Å². The van der Waals surface area contributed by atoms with Crippen molar-refractivity contribution in [3.8, 4) is 17.2 Å². The van der Waals surface area contributed by atoms with Gasteiger partial charge in [-0.25, -0.2) is 0 Å². The monoisotopic (exact) mass is 377 g/mol. The topological polar surface area (TPSA) is 39.7 Å². The molecule has 3 aromatic rings. The SMILES string of the molecule is COc1cccc(CNCc2cccc(C)c2)c1OCCOc1ccccc1. The summed E-state index contributed by atoms with van der Waals surface area (Å²) in [5.74, 6) is 2.33. The highest BCUT2D eigenvalue weighted by molar-refractivity contribution is 5.46. The predicted molar refractivity (Wildman–Crippen MR) is 112 cm³/mol. The summed E-state index contributed by atoms with van der Waals surface area (Å²) in [5.41, 5.74) is 3.59. The molecule has 0 aliphatic heterocycles. The molecule has 1 N–H and O–H groups in total. The Bertz CT molecular complexity index is 865. The molecule has 28 heavy (non-hydrogen) atoms. The standard InChI is InChI=1S/C24H27NO3/c1-19-8-6-9-20(16-19)17-25-18-21-10-7-13-23(26-2)24(21)28-15-14-27-22-11-4-3-5-12-22/h3-13,16,25H,14-15,17-18H2,1-2H3. The Balaban J connectivity index is 1.56. The van der Waals surface area contributed by atoms with Crippen molar-refractivity contribution in [1.82, 2.24) is 5.32 Å². The first-order valence-electron chi connectivity index (χ1n) is 9.49. The van der Waals surface area contributed by atoms with Crippen LogP contribution in [0.2, 0.25) is 0 Å². The molecule has 0 saturated carbocycles. The van der Waals surface area contributed by atoms with Gasteiger partial charge in [-0.15, -0.1) is 0 Å². The van der Waals surface area contributed by atoms with E-state index in [9.17, 15) is 0 Å². The van der Waals surface area contributed by atoms with Crippen LogP contribution >= 0.6 is 0 Å². The fourth-order valence-corrected chi connectivity index (χ4v) is 3.01. The molecule has 0 atom stereocenters. The van der Waals surface area contributed by atoms with E-state index in [0.29, 0.717) is 19.8 Å². The van der Waals surface area contributed by atoms with Crippen molar-refractivity contribution in [3.05, 3.63) is 89.5 Å². The molecule has 0 radical (unpaired) electrons. The van der Waals surface area contributed by atoms with Crippen LogP contribution in [0.3, 0.4) is 0 Å². The van der Waals surface area contributed by atoms with Crippen LogP contribution in [0.15, 0.2) is 72.8 Å². The summed E-state index contributed by atoms with van der Waals surface area (Å²) in [4.78, 5) is 0. The first kappa shape index (κ1) is 19.8. The number of hydrogen-bond donors (Lipinski definition) is 1. The maximum absolute atomic E-state index is 6.01. The lowest BCUT2D eigenvalue weighted by Gasteiger charge is -2.16. The average Bonchev–Trinajstić information content (AvgIpc) is 2.72. The molecule has 0 unspecified atom stereocenters. The normalized spacial score (nSPS) is 10.5. The van der Waals surface area contributed by atoms with Crippen LogP contribution in [0.4, 0.5) is 0 Å². The van der Waals surface area contributed by atoms with Crippen molar-refractivity contribution >= 4 is 0 Å². The van der Waals surface area contributed by atoms with E-state index in [1.165, 1.54) is 11.1 Å². The molecule has 0 amide bonds. The van der Waals surface area contributed by atoms with Gasteiger partial charge in [0, 0.05) is 18.7 Å². The Hall–Kier alpha value is -2.98. The molecule has 0 aromatic heterocycles. The van der Waals surface area contributed by atoms with E-state index < -0.39 is 0 Å². The summed E-state index contributed by atoms with van der Waals surface area (Å²) >= 11 is 0. The Morgan fingerprint density at radius 2 is 1.57 bits per heavy atom. The van der Waals surface area contributed by atoms with Crippen LogP contribution in [0.1, 0.15) is 16.7 Å². The first-order valence-corrected chi connectivity index (χ1v) is 9.49. The van der Waals surface area contributed by atoms with Crippen molar-refractivity contribution in [2.45, 2.75) is 20.0 Å². The average molecular weight is 377 g/mol. The summed E-state index contributed by atoms with van der Waals surface area (Å²) in [6.45, 7) is 4.52. The van der Waals surface area contributed by atoms with E-state index >= 15 is 0 Å². The van der Waals surface area contributed by atoms with Gasteiger partial charge in [-0.05, 0) is 30.7 Å². The molecule has 4 heteroatoms.